The molecule has 0 aliphatic rings. The van der Waals surface area contributed by atoms with Gasteiger partial charge in [-0.05, 0) is 0 Å². The molecule has 7 heteroatoms. The molecule has 4 nitrogen and oxygen atoms in total. The highest BCUT2D eigenvalue weighted by molar-refractivity contribution is 6.08. The van der Waals surface area contributed by atoms with Crippen LogP contribution in [0, 0.1) is 17.5 Å². The lowest BCUT2D eigenvalue weighted by Gasteiger charge is -2.01. The lowest BCUT2D eigenvalue weighted by molar-refractivity contribution is -0.135. The Kier molecular flexibility index (Phi) is 3.52. The monoisotopic (exact) mass is 246 g/mol. The van der Waals surface area contributed by atoms with Crippen LogP contribution >= 0.6 is 0 Å². The van der Waals surface area contributed by atoms with Crippen LogP contribution in [0.2, 0.25) is 0 Å². The number of aliphatic hydroxyl groups excluding tert-OH is 1. The van der Waals surface area contributed by atoms with E-state index in [9.17, 15) is 22.8 Å². The average Bonchev–Trinajstić information content (AvgIpc) is 2.15. The maximum absolute atomic E-state index is 13.1. The van der Waals surface area contributed by atoms with Crippen LogP contribution in [0.25, 0.3) is 0 Å². The summed E-state index contributed by atoms with van der Waals surface area (Å²) in [4.78, 5) is 21.4. The molecule has 2 N–H and O–H groups in total. The zero-order valence-electron chi connectivity index (χ0n) is 8.08. The van der Waals surface area contributed by atoms with Crippen molar-refractivity contribution in [1.29, 1.82) is 0 Å². The Hall–Kier alpha value is -2.31. The molecule has 1 aromatic rings. The van der Waals surface area contributed by atoms with Crippen molar-refractivity contribution in [2.45, 2.75) is 0 Å². The Bertz CT molecular complexity index is 499. The number of carbonyl (C=O) groups is 2. The van der Waals surface area contributed by atoms with Crippen molar-refractivity contribution >= 4 is 11.8 Å². The topological polar surface area (TPSA) is 74.6 Å². The second-order valence-electron chi connectivity index (χ2n) is 2.94. The number of halogens is 3. The van der Waals surface area contributed by atoms with Crippen LogP contribution in [-0.2, 0) is 4.79 Å². The average molecular weight is 246 g/mol. The molecule has 0 saturated heterocycles. The number of carbonyl (C=O) groups excluding carboxylic acids is 1. The van der Waals surface area contributed by atoms with E-state index in [1.165, 1.54) is 0 Å². The van der Waals surface area contributed by atoms with Gasteiger partial charge in [-0.15, -0.1) is 0 Å². The van der Waals surface area contributed by atoms with Gasteiger partial charge in [-0.2, -0.15) is 0 Å². The highest BCUT2D eigenvalue weighted by Gasteiger charge is 2.19. The van der Waals surface area contributed by atoms with E-state index in [0.29, 0.717) is 0 Å². The Labute approximate surface area is 92.6 Å². The van der Waals surface area contributed by atoms with E-state index >= 15 is 0 Å². The molecule has 0 aliphatic carbocycles. The summed E-state index contributed by atoms with van der Waals surface area (Å²) in [6.45, 7) is 0. The Morgan fingerprint density at radius 2 is 1.53 bits per heavy atom. The van der Waals surface area contributed by atoms with Gasteiger partial charge in [0.1, 0.15) is 17.5 Å². The molecule has 0 fully saturated rings. The van der Waals surface area contributed by atoms with E-state index in [-0.39, 0.29) is 18.2 Å². The van der Waals surface area contributed by atoms with Crippen LogP contribution in [0.4, 0.5) is 13.2 Å². The first-order valence-electron chi connectivity index (χ1n) is 4.15. The molecule has 17 heavy (non-hydrogen) atoms. The van der Waals surface area contributed by atoms with Crippen molar-refractivity contribution in [3.63, 3.8) is 0 Å². The van der Waals surface area contributed by atoms with Crippen molar-refractivity contribution in [1.82, 2.24) is 0 Å². The van der Waals surface area contributed by atoms with Crippen LogP contribution in [0.15, 0.2) is 24.0 Å². The van der Waals surface area contributed by atoms with Crippen molar-refractivity contribution in [3.05, 3.63) is 47.0 Å². The first-order valence-corrected chi connectivity index (χ1v) is 4.15. The van der Waals surface area contributed by atoms with Crippen LogP contribution in [-0.4, -0.2) is 22.0 Å². The van der Waals surface area contributed by atoms with Gasteiger partial charge in [0.25, 0.3) is 0 Å². The zero-order chi connectivity index (χ0) is 13.2. The fourth-order valence-corrected chi connectivity index (χ4v) is 1.04. The molecule has 0 spiro atoms. The maximum atomic E-state index is 13.1. The minimum Gasteiger partial charge on any atom is -0.502 e. The molecule has 0 heterocycles. The summed E-state index contributed by atoms with van der Waals surface area (Å²) >= 11 is 0. The number of hydrogen-bond donors (Lipinski definition) is 2. The maximum Gasteiger partial charge on any atom is 0.371 e. The van der Waals surface area contributed by atoms with Gasteiger partial charge in [0.2, 0.25) is 5.76 Å². The number of aliphatic carboxylic acids is 1. The van der Waals surface area contributed by atoms with Gasteiger partial charge in [-0.1, -0.05) is 0 Å². The number of carboxylic acid groups (broad SMARTS) is 1. The van der Waals surface area contributed by atoms with Gasteiger partial charge >= 0.3 is 5.97 Å². The number of hydrogen-bond acceptors (Lipinski definition) is 3. The molecule has 1 rings (SSSR count). The van der Waals surface area contributed by atoms with Crippen LogP contribution in [0.3, 0.4) is 0 Å². The zero-order valence-corrected chi connectivity index (χ0v) is 8.08. The minimum atomic E-state index is -1.83. The Morgan fingerprint density at radius 3 is 1.94 bits per heavy atom. The summed E-state index contributed by atoms with van der Waals surface area (Å²) in [5.41, 5.74) is -1.14. The van der Waals surface area contributed by atoms with E-state index in [2.05, 4.69) is 0 Å². The number of carboxylic acids is 1. The van der Waals surface area contributed by atoms with Crippen LogP contribution in [0.1, 0.15) is 10.4 Å². The van der Waals surface area contributed by atoms with E-state index in [1.54, 1.807) is 0 Å². The molecule has 0 unspecified atom stereocenters. The summed E-state index contributed by atoms with van der Waals surface area (Å²) in [7, 11) is 0. The van der Waals surface area contributed by atoms with E-state index < -0.39 is 40.5 Å². The second-order valence-corrected chi connectivity index (χ2v) is 2.94. The highest BCUT2D eigenvalue weighted by Crippen LogP contribution is 2.16. The third kappa shape index (κ3) is 2.83. The lowest BCUT2D eigenvalue weighted by atomic mass is 10.1. The molecule has 0 bridgehead atoms. The van der Waals surface area contributed by atoms with Crippen molar-refractivity contribution < 1.29 is 33.0 Å². The molecular formula is C10H5F3O4. The predicted octanol–water partition coefficient (Wildman–Crippen LogP) is 1.81. The SMILES string of the molecule is O=C(O)C(O)=CC(=O)c1c(F)cc(F)cc1F. The largest absolute Gasteiger partial charge is 0.502 e. The van der Waals surface area contributed by atoms with Gasteiger partial charge < -0.3 is 10.2 Å². The molecule has 1 aromatic carbocycles. The van der Waals surface area contributed by atoms with E-state index in [1.807, 2.05) is 0 Å². The lowest BCUT2D eigenvalue weighted by Crippen LogP contribution is -2.08. The Balaban J connectivity index is 3.23. The molecule has 0 aliphatic heterocycles. The second kappa shape index (κ2) is 4.69. The van der Waals surface area contributed by atoms with Crippen LogP contribution in [0.5, 0.6) is 0 Å². The highest BCUT2D eigenvalue weighted by atomic mass is 19.1. The summed E-state index contributed by atoms with van der Waals surface area (Å²) in [6.07, 6.45) is 0.127. The van der Waals surface area contributed by atoms with Crippen molar-refractivity contribution in [3.8, 4) is 0 Å². The molecule has 0 radical (unpaired) electrons. The quantitative estimate of drug-likeness (QED) is 0.484. The summed E-state index contributed by atoms with van der Waals surface area (Å²) in [6, 6.07) is 0.532. The standard InChI is InChI=1S/C10H5F3O4/c11-4-1-5(12)9(6(13)2-4)7(14)3-8(15)10(16)17/h1-3,15H,(H,16,17). The third-order valence-electron chi connectivity index (χ3n) is 1.74. The first-order chi connectivity index (χ1) is 7.82. The van der Waals surface area contributed by atoms with Gasteiger partial charge in [-0.3, -0.25) is 4.79 Å². The molecule has 0 aromatic heterocycles. The van der Waals surface area contributed by atoms with Crippen molar-refractivity contribution in [2.24, 2.45) is 0 Å². The van der Waals surface area contributed by atoms with E-state index in [4.69, 9.17) is 10.2 Å². The van der Waals surface area contributed by atoms with E-state index in [0.717, 1.165) is 0 Å². The number of benzene rings is 1. The molecule has 0 atom stereocenters. The number of aliphatic hydroxyl groups is 1. The van der Waals surface area contributed by atoms with Crippen LogP contribution < -0.4 is 0 Å². The van der Waals surface area contributed by atoms with Gasteiger partial charge in [0, 0.05) is 18.2 Å². The molecule has 0 saturated carbocycles. The smallest absolute Gasteiger partial charge is 0.371 e. The Morgan fingerprint density at radius 1 is 1.06 bits per heavy atom. The number of allylic oxidation sites excluding steroid dienone is 1. The van der Waals surface area contributed by atoms with Gasteiger partial charge in [0.05, 0.1) is 5.56 Å². The third-order valence-corrected chi connectivity index (χ3v) is 1.74. The first kappa shape index (κ1) is 12.8. The fourth-order valence-electron chi connectivity index (χ4n) is 1.04. The minimum absolute atomic E-state index is 0.127. The summed E-state index contributed by atoms with van der Waals surface area (Å²) in [5.74, 6) is -8.81. The molecule has 90 valence electrons. The molecular weight excluding hydrogens is 241 g/mol. The normalized spacial score (nSPS) is 11.4. The number of ketones is 1. The summed E-state index contributed by atoms with van der Waals surface area (Å²) in [5, 5.41) is 17.0. The predicted molar refractivity (Wildman–Crippen MR) is 49.0 cm³/mol. The number of rotatable bonds is 3. The molecule has 0 amide bonds. The van der Waals surface area contributed by atoms with Gasteiger partial charge in [-0.25, -0.2) is 18.0 Å². The van der Waals surface area contributed by atoms with Crippen molar-refractivity contribution in [2.75, 3.05) is 0 Å². The fraction of sp³-hybridized carbons (Fsp3) is 0. The van der Waals surface area contributed by atoms with Gasteiger partial charge in [0.15, 0.2) is 5.78 Å². The summed E-state index contributed by atoms with van der Waals surface area (Å²) < 4.78 is 38.6.